The fraction of sp³-hybridized carbons (Fsp3) is 0.100. The van der Waals surface area contributed by atoms with Crippen molar-refractivity contribution in [2.75, 3.05) is 0 Å². The van der Waals surface area contributed by atoms with E-state index in [1.165, 1.54) is 0 Å². The third-order valence-corrected chi connectivity index (χ3v) is 5.79. The zero-order valence-electron chi connectivity index (χ0n) is 14.0. The average Bonchev–Trinajstić information content (AvgIpc) is 2.72. The Hall–Kier alpha value is -2.22. The molecule has 0 aliphatic heterocycles. The van der Waals surface area contributed by atoms with Gasteiger partial charge in [-0.05, 0) is 44.5 Å². The summed E-state index contributed by atoms with van der Waals surface area (Å²) in [6.45, 7) is 0.478. The van der Waals surface area contributed by atoms with Crippen molar-refractivity contribution in [3.63, 3.8) is 0 Å². The summed E-state index contributed by atoms with van der Waals surface area (Å²) in [6, 6.07) is 25.8. The minimum absolute atomic E-state index is 0.239. The van der Waals surface area contributed by atoms with Gasteiger partial charge in [0.1, 0.15) is 13.2 Å². The first-order valence-electron chi connectivity index (χ1n) is 8.10. The predicted molar refractivity (Wildman–Crippen MR) is 103 cm³/mol. The molecule has 3 aromatic carbocycles. The van der Waals surface area contributed by atoms with E-state index in [0.29, 0.717) is 10.6 Å². The number of hydrogen-bond donors (Lipinski definition) is 0. The fourth-order valence-corrected chi connectivity index (χ4v) is 3.99. The summed E-state index contributed by atoms with van der Waals surface area (Å²) in [6.07, 6.45) is 0. The lowest BCUT2D eigenvalue weighted by Crippen LogP contribution is -1.99. The van der Waals surface area contributed by atoms with Gasteiger partial charge in [0.05, 0.1) is 0 Å². The molecule has 0 N–H and O–H groups in total. The Balaban J connectivity index is 1.55. The van der Waals surface area contributed by atoms with Crippen LogP contribution in [0.1, 0.15) is 11.1 Å². The van der Waals surface area contributed by atoms with Crippen molar-refractivity contribution in [1.82, 2.24) is 0 Å². The molecule has 3 rings (SSSR count). The number of rotatable bonds is 8. The summed E-state index contributed by atoms with van der Waals surface area (Å²) in [5.74, 6) is 0. The van der Waals surface area contributed by atoms with Crippen molar-refractivity contribution in [2.24, 2.45) is 0 Å². The monoisotopic (exact) mass is 384 g/mol. The Kier molecular flexibility index (Phi) is 6.76. The van der Waals surface area contributed by atoms with E-state index in [1.807, 2.05) is 60.7 Å². The molecule has 0 fully saturated rings. The zero-order chi connectivity index (χ0) is 18.2. The van der Waals surface area contributed by atoms with E-state index in [9.17, 15) is 9.13 Å². The van der Waals surface area contributed by atoms with Gasteiger partial charge < -0.3 is 0 Å². The molecule has 0 heterocycles. The Morgan fingerprint density at radius 2 is 1.00 bits per heavy atom. The molecule has 6 heteroatoms. The van der Waals surface area contributed by atoms with E-state index in [1.54, 1.807) is 24.3 Å². The molecule has 0 saturated heterocycles. The summed E-state index contributed by atoms with van der Waals surface area (Å²) in [4.78, 5) is 0. The van der Waals surface area contributed by atoms with Gasteiger partial charge in [0.15, 0.2) is 0 Å². The molecule has 0 saturated carbocycles. The van der Waals surface area contributed by atoms with Crippen molar-refractivity contribution in [3.05, 3.63) is 96.1 Å². The van der Waals surface area contributed by atoms with Crippen molar-refractivity contribution < 1.29 is 18.2 Å². The van der Waals surface area contributed by atoms with Crippen LogP contribution < -0.4 is 10.6 Å². The minimum atomic E-state index is -1.89. The molecule has 0 aliphatic rings. The molecule has 0 bridgehead atoms. The number of hydrogen-bond acceptors (Lipinski definition) is 4. The Morgan fingerprint density at radius 1 is 0.577 bits per heavy atom. The molecule has 130 valence electrons. The molecular weight excluding hydrogens is 366 g/mol. The zero-order valence-corrected chi connectivity index (χ0v) is 15.8. The Labute approximate surface area is 154 Å². The van der Waals surface area contributed by atoms with Crippen LogP contribution in [0.4, 0.5) is 0 Å². The maximum atomic E-state index is 12.1. The third-order valence-electron chi connectivity index (χ3n) is 3.62. The fourth-order valence-electron chi connectivity index (χ4n) is 2.32. The lowest BCUT2D eigenvalue weighted by Gasteiger charge is -2.00. The quantitative estimate of drug-likeness (QED) is 0.521. The summed E-state index contributed by atoms with van der Waals surface area (Å²) in [5.41, 5.74) is 1.78. The summed E-state index contributed by atoms with van der Waals surface area (Å²) >= 11 is 0. The molecule has 2 atom stereocenters. The topological polar surface area (TPSA) is 52.6 Å². The second kappa shape index (κ2) is 9.47. The highest BCUT2D eigenvalue weighted by molar-refractivity contribution is 7.48. The second-order valence-corrected chi connectivity index (χ2v) is 8.13. The van der Waals surface area contributed by atoms with Crippen LogP contribution >= 0.6 is 16.1 Å². The normalized spacial score (nSPS) is 11.8. The van der Waals surface area contributed by atoms with Crippen molar-refractivity contribution in [3.8, 4) is 0 Å². The van der Waals surface area contributed by atoms with E-state index in [-0.39, 0.29) is 13.2 Å². The second-order valence-electron chi connectivity index (χ2n) is 5.55. The smallest absolute Gasteiger partial charge is 0.137 e. The first kappa shape index (κ1) is 18.6. The van der Waals surface area contributed by atoms with Crippen LogP contribution in [0.25, 0.3) is 0 Å². The van der Waals surface area contributed by atoms with Gasteiger partial charge in [0.25, 0.3) is 0 Å². The molecule has 0 aliphatic carbocycles. The third kappa shape index (κ3) is 5.39. The molecule has 3 aromatic rings. The molecule has 0 radical (unpaired) electrons. The van der Waals surface area contributed by atoms with Crippen molar-refractivity contribution in [1.29, 1.82) is 0 Å². The summed E-state index contributed by atoms with van der Waals surface area (Å²) in [7, 11) is -3.77. The van der Waals surface area contributed by atoms with Gasteiger partial charge in [-0.25, -0.2) is 0 Å². The van der Waals surface area contributed by atoms with Crippen LogP contribution in [0.15, 0.2) is 84.9 Å². The SMILES string of the molecule is O=[P+](OCc1cccc(CO[P+](=O)c2ccccc2)c1)c1ccccc1. The summed E-state index contributed by atoms with van der Waals surface area (Å²) in [5, 5.41) is 1.34. The van der Waals surface area contributed by atoms with Crippen LogP contribution in [0.3, 0.4) is 0 Å². The molecule has 0 aromatic heterocycles. The average molecular weight is 384 g/mol. The maximum absolute atomic E-state index is 12.1. The van der Waals surface area contributed by atoms with Gasteiger partial charge in [-0.2, -0.15) is 0 Å². The van der Waals surface area contributed by atoms with Crippen LogP contribution in [0.2, 0.25) is 0 Å². The molecular formula is C20H18O4P2+2. The van der Waals surface area contributed by atoms with Gasteiger partial charge in [-0.1, -0.05) is 60.7 Å². The molecule has 0 amide bonds. The molecule has 4 nitrogen and oxygen atoms in total. The van der Waals surface area contributed by atoms with E-state index in [4.69, 9.17) is 9.05 Å². The van der Waals surface area contributed by atoms with E-state index in [2.05, 4.69) is 0 Å². The predicted octanol–water partition coefficient (Wildman–Crippen LogP) is 4.86. The lowest BCUT2D eigenvalue weighted by atomic mass is 10.1. The van der Waals surface area contributed by atoms with Gasteiger partial charge in [0, 0.05) is 0 Å². The molecule has 0 spiro atoms. The first-order chi connectivity index (χ1) is 12.7. The van der Waals surface area contributed by atoms with Crippen molar-refractivity contribution >= 4 is 26.7 Å². The molecule has 2 unspecified atom stereocenters. The van der Waals surface area contributed by atoms with Crippen LogP contribution in [-0.4, -0.2) is 0 Å². The number of benzene rings is 3. The largest absolute Gasteiger partial charge is 0.549 e. The highest BCUT2D eigenvalue weighted by Gasteiger charge is 2.23. The van der Waals surface area contributed by atoms with Crippen LogP contribution in [-0.2, 0) is 31.4 Å². The Morgan fingerprint density at radius 3 is 1.42 bits per heavy atom. The van der Waals surface area contributed by atoms with Crippen LogP contribution in [0, 0.1) is 0 Å². The van der Waals surface area contributed by atoms with E-state index in [0.717, 1.165) is 11.1 Å². The highest BCUT2D eigenvalue weighted by atomic mass is 31.1. The van der Waals surface area contributed by atoms with E-state index >= 15 is 0 Å². The first-order valence-corrected chi connectivity index (χ1v) is 10.5. The Bertz CT molecular complexity index is 812. The van der Waals surface area contributed by atoms with Gasteiger partial charge in [-0.3, -0.25) is 0 Å². The standard InChI is InChI=1S/C20H18O4P2/c21-25(19-10-3-1-4-11-19)23-15-17-8-7-9-18(14-17)16-24-26(22)20-12-5-2-6-13-20/h1-14H,15-16H2/q+2. The van der Waals surface area contributed by atoms with Gasteiger partial charge in [0.2, 0.25) is 10.6 Å². The lowest BCUT2D eigenvalue weighted by molar-refractivity contribution is 0.319. The highest BCUT2D eigenvalue weighted by Crippen LogP contribution is 2.25. The summed E-state index contributed by atoms with van der Waals surface area (Å²) < 4.78 is 35.2. The minimum Gasteiger partial charge on any atom is -0.137 e. The maximum Gasteiger partial charge on any atom is 0.549 e. The van der Waals surface area contributed by atoms with Gasteiger partial charge >= 0.3 is 16.1 Å². The van der Waals surface area contributed by atoms with Crippen LogP contribution in [0.5, 0.6) is 0 Å². The van der Waals surface area contributed by atoms with Crippen molar-refractivity contribution in [2.45, 2.75) is 13.2 Å². The van der Waals surface area contributed by atoms with E-state index < -0.39 is 16.1 Å². The molecule has 26 heavy (non-hydrogen) atoms. The van der Waals surface area contributed by atoms with Gasteiger partial charge in [-0.15, -0.1) is 9.05 Å².